The first-order chi connectivity index (χ1) is 31.7. The molecule has 306 valence electrons. The second-order valence-corrected chi connectivity index (χ2v) is 22.6. The molecule has 2 aliphatic rings. The van der Waals surface area contributed by atoms with E-state index in [2.05, 4.69) is 198 Å². The maximum atomic E-state index is 2.59. The van der Waals surface area contributed by atoms with Crippen LogP contribution in [0.5, 0.6) is 0 Å². The molecule has 2 aliphatic carbocycles. The Hall–Kier alpha value is -6.62. The molecule has 3 heteroatoms. The van der Waals surface area contributed by atoms with Crippen molar-refractivity contribution in [2.45, 2.75) is 38.5 Å². The molecule has 10 aromatic carbocycles. The Bertz CT molecular complexity index is 4020. The molecule has 0 nitrogen and oxygen atoms in total. The van der Waals surface area contributed by atoms with Gasteiger partial charge in [0.2, 0.25) is 0 Å². The highest BCUT2D eigenvalue weighted by Gasteiger charge is 2.38. The van der Waals surface area contributed by atoms with Crippen molar-refractivity contribution in [2.75, 3.05) is 0 Å². The number of hydrogen-bond donors (Lipinski definition) is 0. The van der Waals surface area contributed by atoms with Gasteiger partial charge in [0, 0.05) is 93.2 Å². The van der Waals surface area contributed by atoms with Crippen LogP contribution >= 0.6 is 34.0 Å². The summed E-state index contributed by atoms with van der Waals surface area (Å²) in [7, 11) is 0. The molecule has 0 amide bonds. The Morgan fingerprint density at radius 2 is 0.615 bits per heavy atom. The van der Waals surface area contributed by atoms with E-state index in [9.17, 15) is 0 Å². The van der Waals surface area contributed by atoms with Crippen molar-refractivity contribution in [2.24, 2.45) is 0 Å². The van der Waals surface area contributed by atoms with Gasteiger partial charge >= 0.3 is 0 Å². The van der Waals surface area contributed by atoms with Crippen molar-refractivity contribution in [3.8, 4) is 44.5 Å². The van der Waals surface area contributed by atoms with Crippen molar-refractivity contribution in [3.63, 3.8) is 0 Å². The number of rotatable bonds is 2. The van der Waals surface area contributed by atoms with Crippen molar-refractivity contribution < 1.29 is 0 Å². The maximum Gasteiger partial charge on any atom is 0.0434 e. The van der Waals surface area contributed by atoms with E-state index in [-0.39, 0.29) is 10.8 Å². The largest absolute Gasteiger partial charge is 0.135 e. The first-order valence-corrected chi connectivity index (χ1v) is 25.2. The molecule has 13 aromatic rings. The highest BCUT2D eigenvalue weighted by Crippen LogP contribution is 2.57. The third kappa shape index (κ3) is 4.71. The minimum Gasteiger partial charge on any atom is -0.135 e. The SMILES string of the molecule is CC1(C)c2ccccc2-c2cc3c(-c4cccc5c4sc4ccccc45)cc4c5cc(-c6cccc7c6sc6ccccc67)c6cc7c(cc6c5sc4c3cc21)C(C)(C)c1ccccc1-7. The third-order valence-corrected chi connectivity index (χ3v) is 19.2. The smallest absolute Gasteiger partial charge is 0.0434 e. The summed E-state index contributed by atoms with van der Waals surface area (Å²) in [6.07, 6.45) is 0. The van der Waals surface area contributed by atoms with Crippen molar-refractivity contribution >= 4 is 116 Å². The van der Waals surface area contributed by atoms with Crippen LogP contribution in [-0.2, 0) is 10.8 Å². The molecular formula is C62H40S3. The molecule has 15 rings (SSSR count). The molecule has 0 fully saturated rings. The van der Waals surface area contributed by atoms with Gasteiger partial charge in [-0.25, -0.2) is 0 Å². The van der Waals surface area contributed by atoms with E-state index in [1.807, 2.05) is 34.0 Å². The first kappa shape index (κ1) is 36.7. The molecule has 0 saturated carbocycles. The number of thiophene rings is 3. The molecule has 0 radical (unpaired) electrons. The van der Waals surface area contributed by atoms with Gasteiger partial charge in [0.15, 0.2) is 0 Å². The maximum absolute atomic E-state index is 2.59. The average molecular weight is 881 g/mol. The van der Waals surface area contributed by atoms with E-state index in [4.69, 9.17) is 0 Å². The molecule has 3 heterocycles. The van der Waals surface area contributed by atoms with Gasteiger partial charge in [-0.05, 0) is 115 Å². The lowest BCUT2D eigenvalue weighted by atomic mass is 9.81. The normalized spacial score (nSPS) is 14.7. The standard InChI is InChI=1S/C62H40S3/c1-61(2)51-23-9-5-15-33(51)45-27-43-41(39-21-13-19-37-35-17-7-11-25-55(35)63-57(37)39)29-47-48-30-42(40-22-14-20-38-36-18-8-12-26-56(36)64-58(38)40)44-28-46-34-16-6-10-24-52(34)62(3,4)54(46)32-50(44)60(48)65-59(47)49(43)31-53(45)61/h5-32H,1-4H3. The van der Waals surface area contributed by atoms with Crippen LogP contribution in [0, 0.1) is 0 Å². The van der Waals surface area contributed by atoms with Gasteiger partial charge < -0.3 is 0 Å². The van der Waals surface area contributed by atoms with Gasteiger partial charge in [-0.1, -0.05) is 149 Å². The van der Waals surface area contributed by atoms with Crippen LogP contribution in [0.4, 0.5) is 0 Å². The minimum atomic E-state index is -0.117. The summed E-state index contributed by atoms with van der Waals surface area (Å²) in [5.74, 6) is 0. The van der Waals surface area contributed by atoms with Crippen LogP contribution in [0.1, 0.15) is 49.9 Å². The lowest BCUT2D eigenvalue weighted by molar-refractivity contribution is 0.661. The Kier molecular flexibility index (Phi) is 7.10. The fourth-order valence-electron chi connectivity index (χ4n) is 12.3. The molecule has 3 aromatic heterocycles. The fraction of sp³-hybridized carbons (Fsp3) is 0.0968. The fourth-order valence-corrected chi connectivity index (χ4v) is 16.0. The summed E-state index contributed by atoms with van der Waals surface area (Å²) in [5, 5.41) is 13.4. The number of hydrogen-bond acceptors (Lipinski definition) is 3. The summed E-state index contributed by atoms with van der Waals surface area (Å²) in [5.41, 5.74) is 16.1. The van der Waals surface area contributed by atoms with E-state index in [0.29, 0.717) is 0 Å². The van der Waals surface area contributed by atoms with E-state index >= 15 is 0 Å². The number of fused-ring (bicyclic) bond motifs is 19. The van der Waals surface area contributed by atoms with E-state index < -0.39 is 0 Å². The lowest BCUT2D eigenvalue weighted by Gasteiger charge is -2.22. The zero-order chi connectivity index (χ0) is 43.1. The Labute approximate surface area is 388 Å². The summed E-state index contributed by atoms with van der Waals surface area (Å²) in [6, 6.07) is 65.5. The Balaban J connectivity index is 1.12. The summed E-state index contributed by atoms with van der Waals surface area (Å²) < 4.78 is 8.13. The monoisotopic (exact) mass is 880 g/mol. The van der Waals surface area contributed by atoms with Crippen LogP contribution in [0.25, 0.3) is 127 Å². The van der Waals surface area contributed by atoms with Crippen LogP contribution in [-0.4, -0.2) is 0 Å². The predicted octanol–water partition coefficient (Wildman–Crippen LogP) is 19.0. The molecule has 0 aliphatic heterocycles. The summed E-state index contributed by atoms with van der Waals surface area (Å²) in [6.45, 7) is 9.68. The van der Waals surface area contributed by atoms with Gasteiger partial charge in [0.1, 0.15) is 0 Å². The van der Waals surface area contributed by atoms with Gasteiger partial charge in [0.05, 0.1) is 0 Å². The van der Waals surface area contributed by atoms with E-state index in [1.165, 1.54) is 149 Å². The van der Waals surface area contributed by atoms with Crippen molar-refractivity contribution in [3.05, 3.63) is 192 Å². The molecule has 0 N–H and O–H groups in total. The Morgan fingerprint density at radius 1 is 0.246 bits per heavy atom. The topological polar surface area (TPSA) is 0 Å². The molecule has 0 saturated heterocycles. The molecule has 65 heavy (non-hydrogen) atoms. The van der Waals surface area contributed by atoms with Crippen LogP contribution in [0.15, 0.2) is 170 Å². The van der Waals surface area contributed by atoms with Gasteiger partial charge in [-0.15, -0.1) is 34.0 Å². The number of benzene rings is 10. The predicted molar refractivity (Wildman–Crippen MR) is 286 cm³/mol. The quantitative estimate of drug-likeness (QED) is 0.162. The first-order valence-electron chi connectivity index (χ1n) is 22.7. The molecule has 0 bridgehead atoms. The molecule has 0 atom stereocenters. The van der Waals surface area contributed by atoms with Gasteiger partial charge in [-0.3, -0.25) is 0 Å². The molecule has 0 unspecified atom stereocenters. The van der Waals surface area contributed by atoms with Gasteiger partial charge in [0.25, 0.3) is 0 Å². The molecule has 0 spiro atoms. The minimum absolute atomic E-state index is 0.117. The van der Waals surface area contributed by atoms with Crippen molar-refractivity contribution in [1.29, 1.82) is 0 Å². The second kappa shape index (κ2) is 12.6. The van der Waals surface area contributed by atoms with Crippen molar-refractivity contribution in [1.82, 2.24) is 0 Å². The lowest BCUT2D eigenvalue weighted by Crippen LogP contribution is -2.14. The van der Waals surface area contributed by atoms with Crippen LogP contribution < -0.4 is 0 Å². The zero-order valence-corrected chi connectivity index (χ0v) is 38.8. The van der Waals surface area contributed by atoms with E-state index in [1.54, 1.807) is 0 Å². The van der Waals surface area contributed by atoms with Crippen LogP contribution in [0.3, 0.4) is 0 Å². The average Bonchev–Trinajstić information content (AvgIpc) is 4.12. The Morgan fingerprint density at radius 3 is 1.09 bits per heavy atom. The molecular weight excluding hydrogens is 841 g/mol. The summed E-state index contributed by atoms with van der Waals surface area (Å²) >= 11 is 5.87. The van der Waals surface area contributed by atoms with Gasteiger partial charge in [-0.2, -0.15) is 0 Å². The zero-order valence-electron chi connectivity index (χ0n) is 36.4. The summed E-state index contributed by atoms with van der Waals surface area (Å²) in [4.78, 5) is 0. The van der Waals surface area contributed by atoms with Crippen LogP contribution in [0.2, 0.25) is 0 Å². The third-order valence-electron chi connectivity index (χ3n) is 15.5. The highest BCUT2D eigenvalue weighted by atomic mass is 32.1. The highest BCUT2D eigenvalue weighted by molar-refractivity contribution is 7.28. The van der Waals surface area contributed by atoms with E-state index in [0.717, 1.165) is 0 Å². The second-order valence-electron chi connectivity index (χ2n) is 19.5.